The number of imide groups is 1. The van der Waals surface area contributed by atoms with E-state index in [1.807, 2.05) is 4.90 Å². The van der Waals surface area contributed by atoms with Crippen LogP contribution in [0, 0.1) is 22.6 Å². The summed E-state index contributed by atoms with van der Waals surface area (Å²) in [5.74, 6) is -0.325. The molecule has 0 aliphatic carbocycles. The van der Waals surface area contributed by atoms with Gasteiger partial charge < -0.3 is 4.90 Å². The predicted octanol–water partition coefficient (Wildman–Crippen LogP) is 2.18. The smallest absolute Gasteiger partial charge is 0.234 e. The van der Waals surface area contributed by atoms with Crippen molar-refractivity contribution in [1.82, 2.24) is 10.3 Å². The lowest BCUT2D eigenvalue weighted by atomic mass is 9.79. The van der Waals surface area contributed by atoms with Crippen LogP contribution in [0.25, 0.3) is 0 Å². The molecule has 2 amide bonds. The first kappa shape index (κ1) is 17.9. The first-order valence-corrected chi connectivity index (χ1v) is 9.51. The van der Waals surface area contributed by atoms with E-state index in [1.165, 1.54) is 6.07 Å². The van der Waals surface area contributed by atoms with Gasteiger partial charge in [0, 0.05) is 32.6 Å². The van der Waals surface area contributed by atoms with Gasteiger partial charge in [-0.1, -0.05) is 6.07 Å². The number of piperidine rings is 2. The van der Waals surface area contributed by atoms with Crippen molar-refractivity contribution >= 4 is 17.5 Å². The molecule has 4 rings (SSSR count). The fourth-order valence-electron chi connectivity index (χ4n) is 4.45. The Morgan fingerprint density at radius 1 is 1.07 bits per heavy atom. The van der Waals surface area contributed by atoms with Gasteiger partial charge in [0.2, 0.25) is 11.8 Å². The monoisotopic (exact) mass is 374 g/mol. The number of halogens is 1. The lowest BCUT2D eigenvalue weighted by Gasteiger charge is -2.46. The van der Waals surface area contributed by atoms with E-state index >= 15 is 0 Å². The quantitative estimate of drug-likeness (QED) is 0.645. The number of nitroso groups, excluding NO2 is 1. The van der Waals surface area contributed by atoms with Crippen molar-refractivity contribution in [2.75, 3.05) is 31.1 Å². The number of amides is 2. The van der Waals surface area contributed by atoms with Gasteiger partial charge in [0.25, 0.3) is 0 Å². The van der Waals surface area contributed by atoms with Crippen LogP contribution in [0.2, 0.25) is 0 Å². The van der Waals surface area contributed by atoms with Crippen LogP contribution in [-0.4, -0.2) is 43.0 Å². The van der Waals surface area contributed by atoms with Crippen LogP contribution in [0.15, 0.2) is 23.5 Å². The Morgan fingerprint density at radius 2 is 1.81 bits per heavy atom. The van der Waals surface area contributed by atoms with E-state index in [0.29, 0.717) is 42.6 Å². The van der Waals surface area contributed by atoms with E-state index in [0.717, 1.165) is 25.9 Å². The van der Waals surface area contributed by atoms with Crippen molar-refractivity contribution < 1.29 is 14.0 Å². The van der Waals surface area contributed by atoms with Crippen molar-refractivity contribution in [3.8, 4) is 0 Å². The molecule has 0 radical (unpaired) electrons. The Kier molecular flexibility index (Phi) is 4.80. The highest BCUT2D eigenvalue weighted by Crippen LogP contribution is 2.36. The molecule has 3 saturated heterocycles. The SMILES string of the molecule is O=NN1CCC(C2CN(c3ccc(C4CCC(=O)NC4=O)cc3F)C2)CC1. The molecule has 8 heteroatoms. The van der Waals surface area contributed by atoms with Crippen LogP contribution in [0.3, 0.4) is 0 Å². The maximum absolute atomic E-state index is 14.7. The summed E-state index contributed by atoms with van der Waals surface area (Å²) in [5, 5.41) is 6.88. The third-order valence-corrected chi connectivity index (χ3v) is 6.16. The average molecular weight is 374 g/mol. The molecular formula is C19H23FN4O3. The summed E-state index contributed by atoms with van der Waals surface area (Å²) >= 11 is 0. The van der Waals surface area contributed by atoms with Gasteiger partial charge in [-0.3, -0.25) is 19.9 Å². The third-order valence-electron chi connectivity index (χ3n) is 6.16. The van der Waals surface area contributed by atoms with E-state index in [-0.39, 0.29) is 24.1 Å². The molecule has 3 aliphatic rings. The van der Waals surface area contributed by atoms with Crippen LogP contribution in [0.1, 0.15) is 37.2 Å². The third kappa shape index (κ3) is 3.52. The summed E-state index contributed by atoms with van der Waals surface area (Å²) in [6.07, 6.45) is 2.62. The first-order valence-electron chi connectivity index (χ1n) is 9.51. The lowest BCUT2D eigenvalue weighted by Crippen LogP contribution is -2.52. The summed E-state index contributed by atoms with van der Waals surface area (Å²) in [7, 11) is 0. The molecule has 0 aromatic heterocycles. The zero-order chi connectivity index (χ0) is 19.0. The van der Waals surface area contributed by atoms with Crippen molar-refractivity contribution in [1.29, 1.82) is 0 Å². The number of benzene rings is 1. The minimum Gasteiger partial charge on any atom is -0.368 e. The Morgan fingerprint density at radius 3 is 2.44 bits per heavy atom. The summed E-state index contributed by atoms with van der Waals surface area (Å²) < 4.78 is 14.7. The number of anilines is 1. The highest BCUT2D eigenvalue weighted by molar-refractivity contribution is 6.00. The summed E-state index contributed by atoms with van der Waals surface area (Å²) in [6.45, 7) is 3.04. The lowest BCUT2D eigenvalue weighted by molar-refractivity contribution is -0.134. The molecule has 3 fully saturated rings. The summed E-state index contributed by atoms with van der Waals surface area (Å²) in [4.78, 5) is 35.8. The highest BCUT2D eigenvalue weighted by Gasteiger charge is 2.36. The van der Waals surface area contributed by atoms with Gasteiger partial charge in [-0.25, -0.2) is 4.39 Å². The summed E-state index contributed by atoms with van der Waals surface area (Å²) in [6, 6.07) is 4.96. The molecule has 0 bridgehead atoms. The maximum atomic E-state index is 14.7. The highest BCUT2D eigenvalue weighted by atomic mass is 19.1. The maximum Gasteiger partial charge on any atom is 0.234 e. The number of carbonyl (C=O) groups excluding carboxylic acids is 2. The van der Waals surface area contributed by atoms with Crippen molar-refractivity contribution in [2.45, 2.75) is 31.6 Å². The fraction of sp³-hybridized carbons (Fsp3) is 0.579. The van der Waals surface area contributed by atoms with Crippen LogP contribution in [0.5, 0.6) is 0 Å². The standard InChI is InChI=1S/C19H23FN4O3/c20-16-9-13(15-2-4-18(25)21-19(15)26)1-3-17(16)23-10-14(11-23)12-5-7-24(22-27)8-6-12/h1,3,9,12,14-15H,2,4-8,10-11H2,(H,21,25,26). The zero-order valence-corrected chi connectivity index (χ0v) is 15.1. The van der Waals surface area contributed by atoms with Gasteiger partial charge in [-0.2, -0.15) is 0 Å². The molecule has 0 spiro atoms. The molecular weight excluding hydrogens is 351 g/mol. The second kappa shape index (κ2) is 7.25. The number of hydrogen-bond donors (Lipinski definition) is 1. The number of carbonyl (C=O) groups is 2. The second-order valence-corrected chi connectivity index (χ2v) is 7.75. The number of hydrogen-bond acceptors (Lipinski definition) is 5. The first-order chi connectivity index (χ1) is 13.0. The van der Waals surface area contributed by atoms with Gasteiger partial charge >= 0.3 is 0 Å². The average Bonchev–Trinajstić information content (AvgIpc) is 2.62. The zero-order valence-electron chi connectivity index (χ0n) is 15.1. The Balaban J connectivity index is 1.36. The molecule has 7 nitrogen and oxygen atoms in total. The molecule has 1 N–H and O–H groups in total. The van der Waals surface area contributed by atoms with Crippen molar-refractivity contribution in [3.63, 3.8) is 0 Å². The molecule has 3 aliphatic heterocycles. The number of nitrogens with one attached hydrogen (secondary N) is 1. The van der Waals surface area contributed by atoms with Gasteiger partial charge in [0.05, 0.1) is 16.9 Å². The van der Waals surface area contributed by atoms with Crippen LogP contribution in [0.4, 0.5) is 10.1 Å². The van der Waals surface area contributed by atoms with E-state index < -0.39 is 5.92 Å². The van der Waals surface area contributed by atoms with E-state index in [9.17, 15) is 18.9 Å². The molecule has 3 heterocycles. The van der Waals surface area contributed by atoms with Gasteiger partial charge in [0.15, 0.2) is 0 Å². The van der Waals surface area contributed by atoms with Crippen LogP contribution < -0.4 is 10.2 Å². The minimum atomic E-state index is -0.466. The largest absolute Gasteiger partial charge is 0.368 e. The van der Waals surface area contributed by atoms with Crippen LogP contribution in [-0.2, 0) is 9.59 Å². The minimum absolute atomic E-state index is 0.269. The Labute approximate surface area is 156 Å². The Hall–Kier alpha value is -2.51. The molecule has 1 aromatic rings. The molecule has 1 aromatic carbocycles. The molecule has 1 unspecified atom stereocenters. The molecule has 27 heavy (non-hydrogen) atoms. The van der Waals surface area contributed by atoms with E-state index in [2.05, 4.69) is 10.6 Å². The van der Waals surface area contributed by atoms with Gasteiger partial charge in [-0.15, -0.1) is 4.91 Å². The van der Waals surface area contributed by atoms with Crippen molar-refractivity contribution in [2.24, 2.45) is 17.1 Å². The Bertz CT molecular complexity index is 757. The molecule has 1 atom stereocenters. The van der Waals surface area contributed by atoms with Gasteiger partial charge in [0.1, 0.15) is 5.82 Å². The summed E-state index contributed by atoms with van der Waals surface area (Å²) in [5.41, 5.74) is 1.18. The van der Waals surface area contributed by atoms with Crippen LogP contribution >= 0.6 is 0 Å². The fourth-order valence-corrected chi connectivity index (χ4v) is 4.45. The number of nitrogens with zero attached hydrogens (tertiary/aromatic N) is 3. The predicted molar refractivity (Wildman–Crippen MR) is 97.3 cm³/mol. The normalized spacial score (nSPS) is 24.6. The van der Waals surface area contributed by atoms with E-state index in [1.54, 1.807) is 17.1 Å². The topological polar surface area (TPSA) is 82.1 Å². The number of rotatable bonds is 4. The van der Waals surface area contributed by atoms with Crippen molar-refractivity contribution in [3.05, 3.63) is 34.5 Å². The van der Waals surface area contributed by atoms with Gasteiger partial charge in [-0.05, 0) is 48.8 Å². The van der Waals surface area contributed by atoms with E-state index in [4.69, 9.17) is 0 Å². The molecule has 0 saturated carbocycles. The molecule has 144 valence electrons. The second-order valence-electron chi connectivity index (χ2n) is 7.75.